The van der Waals surface area contributed by atoms with Crippen LogP contribution in [0.25, 0.3) is 0 Å². The zero-order valence-corrected chi connectivity index (χ0v) is 23.3. The van der Waals surface area contributed by atoms with Crippen molar-refractivity contribution in [3.05, 3.63) is 108 Å². The van der Waals surface area contributed by atoms with Crippen molar-refractivity contribution >= 4 is 21.8 Å². The lowest BCUT2D eigenvalue weighted by Crippen LogP contribution is -2.65. The third-order valence-corrected chi connectivity index (χ3v) is 6.98. The molecule has 0 unspecified atom stereocenters. The maximum atomic E-state index is 12.3. The third-order valence-electron chi connectivity index (χ3n) is 6.52. The molecule has 3 aromatic carbocycles. The molecule has 6 nitrogen and oxygen atoms in total. The van der Waals surface area contributed by atoms with Crippen LogP contribution in [0.15, 0.2) is 91.0 Å². The highest BCUT2D eigenvalue weighted by Gasteiger charge is 2.47. The molecule has 0 aromatic heterocycles. The summed E-state index contributed by atoms with van der Waals surface area (Å²) in [6, 6.07) is 29.7. The number of ether oxygens (including phenoxy) is 4. The molecule has 1 saturated heterocycles. The molecule has 1 aliphatic heterocycles. The van der Waals surface area contributed by atoms with E-state index in [1.165, 1.54) is 6.92 Å². The number of benzene rings is 3. The molecule has 3 aromatic rings. The van der Waals surface area contributed by atoms with Crippen LogP contribution in [0.4, 0.5) is 0 Å². The minimum atomic E-state index is -0.460. The number of hydrogen-bond donors (Lipinski definition) is 1. The van der Waals surface area contributed by atoms with Crippen molar-refractivity contribution in [1.29, 1.82) is 0 Å². The predicted octanol–water partition coefficient (Wildman–Crippen LogP) is 5.43. The molecule has 5 atom stereocenters. The van der Waals surface area contributed by atoms with Gasteiger partial charge in [0.25, 0.3) is 0 Å². The zero-order chi connectivity index (χ0) is 26.6. The minimum absolute atomic E-state index is 0.132. The van der Waals surface area contributed by atoms with Crippen LogP contribution in [-0.2, 0) is 43.6 Å². The molecule has 1 fully saturated rings. The van der Waals surface area contributed by atoms with Crippen molar-refractivity contribution in [2.45, 2.75) is 63.6 Å². The van der Waals surface area contributed by atoms with Crippen molar-refractivity contribution in [2.75, 3.05) is 11.9 Å². The second-order valence-corrected chi connectivity index (χ2v) is 10.2. The highest BCUT2D eigenvalue weighted by Crippen LogP contribution is 2.30. The lowest BCUT2D eigenvalue weighted by Gasteiger charge is -2.46. The number of carbonyl (C=O) groups excluding carboxylic acids is 1. The van der Waals surface area contributed by atoms with Crippen LogP contribution in [0.1, 0.15) is 30.0 Å². The SMILES string of the molecule is CC(=O)N[C@@H]1[C@@H](OCc2ccccc2)[C@H](OCc2ccccc2)[C@@H](COCc2ccccc2)O[C@@H]1CCBr. The molecule has 7 heteroatoms. The van der Waals surface area contributed by atoms with Gasteiger partial charge in [0.1, 0.15) is 18.3 Å². The lowest BCUT2D eigenvalue weighted by atomic mass is 9.90. The molecule has 38 heavy (non-hydrogen) atoms. The normalized spacial score (nSPS) is 23.2. The van der Waals surface area contributed by atoms with Gasteiger partial charge in [0.05, 0.1) is 38.6 Å². The van der Waals surface area contributed by atoms with E-state index in [2.05, 4.69) is 21.2 Å². The van der Waals surface area contributed by atoms with Crippen LogP contribution < -0.4 is 5.32 Å². The Morgan fingerprint density at radius 3 is 1.76 bits per heavy atom. The Bertz CT molecular complexity index is 1090. The number of hydrogen-bond acceptors (Lipinski definition) is 5. The highest BCUT2D eigenvalue weighted by atomic mass is 79.9. The summed E-state index contributed by atoms with van der Waals surface area (Å²) in [6.07, 6.45) is -0.834. The molecule has 1 N–H and O–H groups in total. The largest absolute Gasteiger partial charge is 0.374 e. The average molecular weight is 583 g/mol. The molecule has 0 radical (unpaired) electrons. The Labute approximate surface area is 233 Å². The van der Waals surface area contributed by atoms with E-state index < -0.39 is 12.2 Å². The van der Waals surface area contributed by atoms with Gasteiger partial charge in [-0.3, -0.25) is 4.79 Å². The first-order valence-electron chi connectivity index (χ1n) is 13.1. The molecular weight excluding hydrogens is 546 g/mol. The number of alkyl halides is 1. The number of nitrogens with one attached hydrogen (secondary N) is 1. The van der Waals surface area contributed by atoms with Gasteiger partial charge in [-0.05, 0) is 23.1 Å². The van der Waals surface area contributed by atoms with E-state index in [1.807, 2.05) is 91.0 Å². The van der Waals surface area contributed by atoms with Crippen LogP contribution in [0.3, 0.4) is 0 Å². The van der Waals surface area contributed by atoms with Gasteiger partial charge in [-0.25, -0.2) is 0 Å². The molecule has 202 valence electrons. The van der Waals surface area contributed by atoms with Gasteiger partial charge >= 0.3 is 0 Å². The van der Waals surface area contributed by atoms with Crippen molar-refractivity contribution in [1.82, 2.24) is 5.32 Å². The van der Waals surface area contributed by atoms with E-state index in [1.54, 1.807) is 0 Å². The second kappa shape index (κ2) is 15.1. The molecule has 4 rings (SSSR count). The Morgan fingerprint density at radius 2 is 1.26 bits per heavy atom. The number of halogens is 1. The van der Waals surface area contributed by atoms with Gasteiger partial charge in [0.2, 0.25) is 5.91 Å². The molecule has 0 aliphatic carbocycles. The summed E-state index contributed by atoms with van der Waals surface area (Å²) in [5, 5.41) is 3.83. The smallest absolute Gasteiger partial charge is 0.217 e. The summed E-state index contributed by atoms with van der Waals surface area (Å²) in [4.78, 5) is 12.3. The van der Waals surface area contributed by atoms with E-state index in [0.29, 0.717) is 32.8 Å². The lowest BCUT2D eigenvalue weighted by molar-refractivity contribution is -0.232. The van der Waals surface area contributed by atoms with Crippen LogP contribution in [0.2, 0.25) is 0 Å². The molecule has 0 saturated carbocycles. The monoisotopic (exact) mass is 581 g/mol. The Hall–Kier alpha value is -2.55. The van der Waals surface area contributed by atoms with E-state index in [-0.39, 0.29) is 24.2 Å². The first-order chi connectivity index (χ1) is 18.6. The third kappa shape index (κ3) is 8.48. The van der Waals surface area contributed by atoms with Gasteiger partial charge in [0.15, 0.2) is 0 Å². The minimum Gasteiger partial charge on any atom is -0.374 e. The first kappa shape index (κ1) is 28.5. The topological polar surface area (TPSA) is 66.0 Å². The van der Waals surface area contributed by atoms with Crippen molar-refractivity contribution in [2.24, 2.45) is 0 Å². The van der Waals surface area contributed by atoms with Gasteiger partial charge < -0.3 is 24.3 Å². The van der Waals surface area contributed by atoms with Crippen LogP contribution in [-0.4, -0.2) is 48.3 Å². The molecule has 0 bridgehead atoms. The van der Waals surface area contributed by atoms with E-state index in [9.17, 15) is 4.79 Å². The number of amides is 1. The van der Waals surface area contributed by atoms with E-state index in [4.69, 9.17) is 18.9 Å². The quantitative estimate of drug-likeness (QED) is 0.273. The van der Waals surface area contributed by atoms with Crippen molar-refractivity contribution in [3.63, 3.8) is 0 Å². The number of carbonyl (C=O) groups is 1. The molecule has 1 amide bonds. The van der Waals surface area contributed by atoms with E-state index in [0.717, 1.165) is 22.0 Å². The highest BCUT2D eigenvalue weighted by molar-refractivity contribution is 9.09. The summed E-state index contributed by atoms with van der Waals surface area (Å²) in [5.74, 6) is -0.132. The van der Waals surface area contributed by atoms with E-state index >= 15 is 0 Å². The van der Waals surface area contributed by atoms with Crippen LogP contribution in [0, 0.1) is 0 Å². The van der Waals surface area contributed by atoms with Gasteiger partial charge in [0, 0.05) is 12.3 Å². The average Bonchev–Trinajstić information content (AvgIpc) is 2.94. The molecule has 0 spiro atoms. The van der Waals surface area contributed by atoms with Gasteiger partial charge in [-0.15, -0.1) is 0 Å². The number of rotatable bonds is 13. The summed E-state index contributed by atoms with van der Waals surface area (Å²) in [7, 11) is 0. The summed E-state index contributed by atoms with van der Waals surface area (Å²) in [5.41, 5.74) is 3.20. The first-order valence-corrected chi connectivity index (χ1v) is 14.2. The van der Waals surface area contributed by atoms with Crippen molar-refractivity contribution < 1.29 is 23.7 Å². The summed E-state index contributed by atoms with van der Waals surface area (Å²) in [6.45, 7) is 3.12. The summed E-state index contributed by atoms with van der Waals surface area (Å²) < 4.78 is 25.8. The van der Waals surface area contributed by atoms with Crippen LogP contribution >= 0.6 is 15.9 Å². The fourth-order valence-corrected chi connectivity index (χ4v) is 5.17. The standard InChI is InChI=1S/C31H36BrNO5/c1-23(34)33-29-27(17-18-32)38-28(22-35-19-24-11-5-2-6-12-24)30(36-20-25-13-7-3-8-14-25)31(29)37-21-26-15-9-4-10-16-26/h2-16,27-31H,17-22H2,1H3,(H,33,34)/t27-,28-,29+,30-,31-/m1/s1. The van der Waals surface area contributed by atoms with Crippen LogP contribution in [0.5, 0.6) is 0 Å². The Kier molecular flexibility index (Phi) is 11.3. The Balaban J connectivity index is 1.58. The van der Waals surface area contributed by atoms with Gasteiger partial charge in [-0.2, -0.15) is 0 Å². The molecule has 1 heterocycles. The second-order valence-electron chi connectivity index (χ2n) is 9.44. The maximum absolute atomic E-state index is 12.3. The van der Waals surface area contributed by atoms with Crippen molar-refractivity contribution in [3.8, 4) is 0 Å². The Morgan fingerprint density at radius 1 is 0.763 bits per heavy atom. The maximum Gasteiger partial charge on any atom is 0.217 e. The fourth-order valence-electron chi connectivity index (χ4n) is 4.71. The fraction of sp³-hybridized carbons (Fsp3) is 0.387. The summed E-state index contributed by atoms with van der Waals surface area (Å²) >= 11 is 3.56. The molecular formula is C31H36BrNO5. The predicted molar refractivity (Wildman–Crippen MR) is 151 cm³/mol. The molecule has 1 aliphatic rings. The van der Waals surface area contributed by atoms with Gasteiger partial charge in [-0.1, -0.05) is 107 Å². The zero-order valence-electron chi connectivity index (χ0n) is 21.7.